The molecule has 1 amide bonds. The second-order valence-corrected chi connectivity index (χ2v) is 11.2. The fraction of sp³-hybridized carbons (Fsp3) is 0.375. The standard InChI is InChI=1S/C24H23ClIN3O5/c1-22(2)23(3)10-11-24(22,21(31)27-16-7-5-15(26)6-8-16)13-19(23)28-34-20(30)14-4-9-17(25)18(12-14)29(32)33/h4-9,12H,10-11,13H2,1-3H3,(H,27,31)/b28-19+. The molecule has 2 aliphatic rings. The number of nitro groups is 1. The topological polar surface area (TPSA) is 111 Å². The van der Waals surface area contributed by atoms with E-state index in [1.807, 2.05) is 31.2 Å². The lowest BCUT2D eigenvalue weighted by molar-refractivity contribution is -0.384. The van der Waals surface area contributed by atoms with Crippen molar-refractivity contribution in [3.8, 4) is 0 Å². The summed E-state index contributed by atoms with van der Waals surface area (Å²) in [6, 6.07) is 11.3. The van der Waals surface area contributed by atoms with Crippen LogP contribution >= 0.6 is 34.2 Å². The summed E-state index contributed by atoms with van der Waals surface area (Å²) in [6.45, 7) is 6.15. The van der Waals surface area contributed by atoms with Crippen molar-refractivity contribution in [1.29, 1.82) is 0 Å². The summed E-state index contributed by atoms with van der Waals surface area (Å²) in [6.07, 6.45) is 1.78. The van der Waals surface area contributed by atoms with Gasteiger partial charge in [0.1, 0.15) is 5.02 Å². The van der Waals surface area contributed by atoms with Crippen molar-refractivity contribution >= 4 is 63.2 Å². The van der Waals surface area contributed by atoms with Crippen molar-refractivity contribution in [3.63, 3.8) is 0 Å². The van der Waals surface area contributed by atoms with Gasteiger partial charge in [-0.3, -0.25) is 14.9 Å². The summed E-state index contributed by atoms with van der Waals surface area (Å²) >= 11 is 8.03. The molecule has 0 aromatic heterocycles. The summed E-state index contributed by atoms with van der Waals surface area (Å²) in [5.41, 5.74) is -0.624. The molecule has 8 nitrogen and oxygen atoms in total. The zero-order valence-electron chi connectivity index (χ0n) is 18.9. The van der Waals surface area contributed by atoms with Crippen molar-refractivity contribution in [2.75, 3.05) is 5.32 Å². The number of hydrogen-bond acceptors (Lipinski definition) is 6. The van der Waals surface area contributed by atoms with Gasteiger partial charge >= 0.3 is 5.97 Å². The Morgan fingerprint density at radius 1 is 1.15 bits per heavy atom. The predicted octanol–water partition coefficient (Wildman–Crippen LogP) is 6.22. The van der Waals surface area contributed by atoms with Crippen molar-refractivity contribution < 1.29 is 19.3 Å². The average Bonchev–Trinajstić information content (AvgIpc) is 3.09. The van der Waals surface area contributed by atoms with E-state index in [1.165, 1.54) is 12.1 Å². The first-order valence-electron chi connectivity index (χ1n) is 10.7. The van der Waals surface area contributed by atoms with E-state index in [-0.39, 0.29) is 22.2 Å². The van der Waals surface area contributed by atoms with E-state index >= 15 is 0 Å². The quantitative estimate of drug-likeness (QED) is 0.191. The fourth-order valence-corrected chi connectivity index (χ4v) is 5.78. The van der Waals surface area contributed by atoms with E-state index in [2.05, 4.69) is 46.9 Å². The van der Waals surface area contributed by atoms with Gasteiger partial charge in [0.2, 0.25) is 5.91 Å². The number of anilines is 1. The molecular formula is C24H23ClIN3O5. The van der Waals surface area contributed by atoms with Gasteiger partial charge in [-0.25, -0.2) is 4.79 Å². The number of nitro benzene ring substituents is 1. The number of hydrogen-bond donors (Lipinski definition) is 1. The first-order chi connectivity index (χ1) is 15.9. The molecule has 1 N–H and O–H groups in total. The van der Waals surface area contributed by atoms with E-state index in [1.54, 1.807) is 0 Å². The Morgan fingerprint density at radius 2 is 1.82 bits per heavy atom. The highest BCUT2D eigenvalue weighted by atomic mass is 127. The highest BCUT2D eigenvalue weighted by Crippen LogP contribution is 2.71. The molecule has 10 heteroatoms. The van der Waals surface area contributed by atoms with Gasteiger partial charge in [0.25, 0.3) is 5.69 Å². The number of carbonyl (C=O) groups excluding carboxylic acids is 2. The molecule has 0 aliphatic heterocycles. The van der Waals surface area contributed by atoms with Gasteiger partial charge in [-0.1, -0.05) is 37.5 Å². The third kappa shape index (κ3) is 3.78. The minimum atomic E-state index is -0.825. The van der Waals surface area contributed by atoms with E-state index < -0.39 is 27.1 Å². The van der Waals surface area contributed by atoms with Crippen molar-refractivity contribution in [2.45, 2.75) is 40.0 Å². The van der Waals surface area contributed by atoms with Crippen LogP contribution in [0.1, 0.15) is 50.4 Å². The van der Waals surface area contributed by atoms with Gasteiger partial charge < -0.3 is 10.2 Å². The van der Waals surface area contributed by atoms with Gasteiger partial charge in [-0.05, 0) is 77.2 Å². The molecule has 2 fully saturated rings. The lowest BCUT2D eigenvalue weighted by Crippen LogP contribution is -2.43. The van der Waals surface area contributed by atoms with Crippen LogP contribution in [0.4, 0.5) is 11.4 Å². The smallest absolute Gasteiger partial charge is 0.326 e. The van der Waals surface area contributed by atoms with E-state index in [0.29, 0.717) is 18.6 Å². The minimum absolute atomic E-state index is 0.0285. The van der Waals surface area contributed by atoms with E-state index in [4.69, 9.17) is 16.4 Å². The summed E-state index contributed by atoms with van der Waals surface area (Å²) in [4.78, 5) is 41.7. The van der Waals surface area contributed by atoms with Gasteiger partial charge in [0, 0.05) is 27.2 Å². The maximum atomic E-state index is 13.5. The third-order valence-corrected chi connectivity index (χ3v) is 8.93. The largest absolute Gasteiger partial charge is 0.365 e. The number of carbonyl (C=O) groups is 2. The number of benzene rings is 2. The number of nitrogens with zero attached hydrogens (tertiary/aromatic N) is 2. The Morgan fingerprint density at radius 3 is 2.47 bits per heavy atom. The molecule has 4 rings (SSSR count). The highest BCUT2D eigenvalue weighted by molar-refractivity contribution is 14.1. The second kappa shape index (κ2) is 8.60. The lowest BCUT2D eigenvalue weighted by atomic mass is 9.64. The van der Waals surface area contributed by atoms with Crippen LogP contribution in [0.25, 0.3) is 0 Å². The first-order valence-corrected chi connectivity index (χ1v) is 12.2. The van der Waals surface area contributed by atoms with E-state index in [9.17, 15) is 19.7 Å². The second-order valence-electron chi connectivity index (χ2n) is 9.52. The monoisotopic (exact) mass is 595 g/mol. The minimum Gasteiger partial charge on any atom is -0.326 e. The molecule has 2 saturated carbocycles. The lowest BCUT2D eigenvalue weighted by Gasteiger charge is -2.39. The van der Waals surface area contributed by atoms with Crippen LogP contribution < -0.4 is 5.32 Å². The van der Waals surface area contributed by atoms with Crippen LogP contribution in [-0.4, -0.2) is 22.5 Å². The molecule has 2 aliphatic carbocycles. The van der Waals surface area contributed by atoms with Crippen molar-refractivity contribution in [2.24, 2.45) is 21.4 Å². The Labute approximate surface area is 215 Å². The zero-order valence-corrected chi connectivity index (χ0v) is 21.8. The summed E-state index contributed by atoms with van der Waals surface area (Å²) in [5, 5.41) is 18.3. The highest BCUT2D eigenvalue weighted by Gasteiger charge is 2.71. The van der Waals surface area contributed by atoms with Gasteiger partial charge in [-0.2, -0.15) is 0 Å². The molecule has 2 aromatic rings. The molecule has 0 heterocycles. The molecule has 2 bridgehead atoms. The third-order valence-electron chi connectivity index (χ3n) is 7.89. The van der Waals surface area contributed by atoms with Gasteiger partial charge in [-0.15, -0.1) is 0 Å². The van der Waals surface area contributed by atoms with Crippen molar-refractivity contribution in [1.82, 2.24) is 0 Å². The molecule has 2 atom stereocenters. The van der Waals surface area contributed by atoms with Crippen molar-refractivity contribution in [3.05, 3.63) is 66.7 Å². The maximum Gasteiger partial charge on any atom is 0.365 e. The molecule has 34 heavy (non-hydrogen) atoms. The Kier molecular flexibility index (Phi) is 6.22. The summed E-state index contributed by atoms with van der Waals surface area (Å²) in [7, 11) is 0. The number of amides is 1. The van der Waals surface area contributed by atoms with Crippen LogP contribution in [0, 0.1) is 29.9 Å². The molecule has 0 saturated heterocycles. The summed E-state index contributed by atoms with van der Waals surface area (Å²) < 4.78 is 1.07. The van der Waals surface area contributed by atoms with E-state index in [0.717, 1.165) is 21.7 Å². The number of rotatable bonds is 5. The SMILES string of the molecule is CC12CCC(C(=O)Nc3ccc(I)cc3)(C/C1=N\OC(=O)c1ccc(Cl)c([N+](=O)[O-])c1)C2(C)C. The molecule has 178 valence electrons. The van der Waals surface area contributed by atoms with Gasteiger partial charge in [0.15, 0.2) is 0 Å². The number of oxime groups is 1. The van der Waals surface area contributed by atoms with Crippen LogP contribution in [0.5, 0.6) is 0 Å². The summed E-state index contributed by atoms with van der Waals surface area (Å²) in [5.74, 6) is -0.902. The zero-order chi connectivity index (χ0) is 24.9. The predicted molar refractivity (Wildman–Crippen MR) is 137 cm³/mol. The fourth-order valence-electron chi connectivity index (χ4n) is 5.24. The Bertz CT molecular complexity index is 1230. The Balaban J connectivity index is 1.58. The number of halogens is 2. The number of nitrogens with one attached hydrogen (secondary N) is 1. The normalized spacial score (nSPS) is 25.9. The molecular weight excluding hydrogens is 573 g/mol. The van der Waals surface area contributed by atoms with Crippen LogP contribution in [0.15, 0.2) is 47.6 Å². The molecule has 0 spiro atoms. The van der Waals surface area contributed by atoms with Crippen LogP contribution in [-0.2, 0) is 9.63 Å². The van der Waals surface area contributed by atoms with Gasteiger partial charge in [0.05, 0.1) is 21.6 Å². The average molecular weight is 596 g/mol. The molecule has 2 aromatic carbocycles. The van der Waals surface area contributed by atoms with Crippen LogP contribution in [0.2, 0.25) is 5.02 Å². The maximum absolute atomic E-state index is 13.5. The first kappa shape index (κ1) is 24.6. The molecule has 2 unspecified atom stereocenters. The Hall–Kier alpha value is -2.53. The van der Waals surface area contributed by atoms with Crippen LogP contribution in [0.3, 0.4) is 0 Å². The molecule has 0 radical (unpaired) electrons. The number of fused-ring (bicyclic) bond motifs is 2.